The van der Waals surface area contributed by atoms with Gasteiger partial charge in [-0.05, 0) is 4.20 Å². The smallest absolute Gasteiger partial charge is 0.200 e. The fraction of sp³-hybridized carbons (Fsp3) is 0. The molecule has 0 nitrogen and oxygen atoms in total. The summed E-state index contributed by atoms with van der Waals surface area (Å²) >= 11 is 60.3. The van der Waals surface area contributed by atoms with E-state index in [1.807, 2.05) is 0 Å². The van der Waals surface area contributed by atoms with E-state index < -0.39 is 103 Å². The Bertz CT molecular complexity index is 1180. The van der Waals surface area contributed by atoms with Gasteiger partial charge < -0.3 is 0 Å². The van der Waals surface area contributed by atoms with Crippen molar-refractivity contribution in [2.24, 2.45) is 0 Å². The van der Waals surface area contributed by atoms with Crippen molar-refractivity contribution in [1.29, 1.82) is 0 Å². The van der Waals surface area contributed by atoms with Gasteiger partial charge in [0.25, 0.3) is 0 Å². The van der Waals surface area contributed by atoms with Crippen LogP contribution in [0.2, 0.25) is 50.2 Å². The largest absolute Gasteiger partial charge is 0.311 e. The van der Waals surface area contributed by atoms with Crippen molar-refractivity contribution >= 4 is 139 Å². The monoisotopic (exact) mass is 711 g/mol. The summed E-state index contributed by atoms with van der Waals surface area (Å²) in [4.78, 5) is 0. The van der Waals surface area contributed by atoms with E-state index in [2.05, 4.69) is 0 Å². The second-order valence-electron chi connectivity index (χ2n) is 6.34. The highest BCUT2D eigenvalue weighted by Crippen LogP contribution is 2.66. The zero-order valence-electron chi connectivity index (χ0n) is 15.5. The molecule has 0 atom stereocenters. The normalized spacial score (nSPS) is 12.0. The van der Waals surface area contributed by atoms with Gasteiger partial charge >= 0.3 is 7.57 Å². The molecule has 0 heterocycles. The number of rotatable bonds is 3. The van der Waals surface area contributed by atoms with Crippen molar-refractivity contribution in [3.8, 4) is 0 Å². The van der Waals surface area contributed by atoms with Gasteiger partial charge in [-0.15, -0.1) is 0 Å². The molecule has 17 heteroatoms. The molecule has 0 bridgehead atoms. The maximum atomic E-state index is 17.5. The second kappa shape index (κ2) is 10.6. The van der Waals surface area contributed by atoms with Crippen LogP contribution >= 0.6 is 124 Å². The van der Waals surface area contributed by atoms with E-state index in [9.17, 15) is 13.2 Å². The predicted molar refractivity (Wildman–Crippen MR) is 136 cm³/mol. The zero-order valence-corrected chi connectivity index (χ0v) is 23.9. The fourth-order valence-electron chi connectivity index (χ4n) is 2.93. The summed E-state index contributed by atoms with van der Waals surface area (Å²) < 4.78 is 89.9. The predicted octanol–water partition coefficient (Wildman–Crippen LogP) is 11.1. The minimum atomic E-state index is -5.85. The molecular formula is C18Cl10F6P+. The summed E-state index contributed by atoms with van der Waals surface area (Å²) in [5, 5.41) is -11.7. The molecule has 35 heavy (non-hydrogen) atoms. The van der Waals surface area contributed by atoms with Crippen LogP contribution in [0.25, 0.3) is 0 Å². The molecule has 0 N–H and O–H groups in total. The third kappa shape index (κ3) is 4.47. The Morgan fingerprint density at radius 2 is 0.514 bits per heavy atom. The molecule has 0 saturated carbocycles. The second-order valence-corrected chi connectivity index (χ2v) is 12.6. The Hall–Kier alpha value is 0.570. The number of hydrogen-bond acceptors (Lipinski definition) is 0. The summed E-state index contributed by atoms with van der Waals surface area (Å²) in [6.07, 6.45) is 0. The molecule has 3 aromatic carbocycles. The molecule has 0 radical (unpaired) electrons. The molecule has 0 unspecified atom stereocenters. The first-order valence-corrected chi connectivity index (χ1v) is 13.6. The lowest BCUT2D eigenvalue weighted by molar-refractivity contribution is 0.384. The standard InChI is InChI=1S/C18Cl10F6P/c19-1-3(21)7(25)16(8(26)4(1)22)35(34,17-9(27)5(23)2(20)6(24)10(17)28)18-14(32)12(30)11(29)13(31)15(18)33/q+1. The van der Waals surface area contributed by atoms with Crippen molar-refractivity contribution in [2.75, 3.05) is 0 Å². The van der Waals surface area contributed by atoms with Gasteiger partial charge in [-0.25, -0.2) is 13.2 Å². The van der Waals surface area contributed by atoms with E-state index >= 15 is 13.0 Å². The van der Waals surface area contributed by atoms with Gasteiger partial charge in [0.1, 0.15) is 20.1 Å². The summed E-state index contributed by atoms with van der Waals surface area (Å²) in [7, 11) is -5.85. The fourth-order valence-corrected chi connectivity index (χ4v) is 9.80. The van der Waals surface area contributed by atoms with Crippen molar-refractivity contribution in [2.45, 2.75) is 0 Å². The van der Waals surface area contributed by atoms with E-state index in [1.165, 1.54) is 0 Å². The first kappa shape index (κ1) is 30.1. The minimum Gasteiger partial charge on any atom is -0.200 e. The quantitative estimate of drug-likeness (QED) is 0.110. The average molecular weight is 716 g/mol. The first-order chi connectivity index (χ1) is 16.0. The number of halogens is 16. The van der Waals surface area contributed by atoms with Crippen LogP contribution in [0.1, 0.15) is 0 Å². The highest BCUT2D eigenvalue weighted by atomic mass is 35.5. The molecule has 188 valence electrons. The molecule has 0 aromatic heterocycles. The van der Waals surface area contributed by atoms with Crippen LogP contribution < -0.4 is 15.9 Å². The lowest BCUT2D eigenvalue weighted by Crippen LogP contribution is -2.36. The van der Waals surface area contributed by atoms with Crippen LogP contribution in [0.4, 0.5) is 26.1 Å². The maximum Gasteiger partial charge on any atom is 0.311 e. The summed E-state index contributed by atoms with van der Waals surface area (Å²) in [6, 6.07) is 0. The van der Waals surface area contributed by atoms with E-state index in [4.69, 9.17) is 116 Å². The number of benzene rings is 3. The molecule has 3 rings (SSSR count). The van der Waals surface area contributed by atoms with Crippen LogP contribution in [-0.4, -0.2) is 0 Å². The molecule has 3 aromatic rings. The van der Waals surface area contributed by atoms with Crippen molar-refractivity contribution in [3.63, 3.8) is 0 Å². The molecule has 0 saturated heterocycles. The van der Waals surface area contributed by atoms with Gasteiger partial charge in [-0.1, -0.05) is 116 Å². The SMILES string of the molecule is Fc1c(F)c(F)c([P+](F)(c2c(Cl)c(Cl)c(Cl)c(Cl)c2Cl)c2c(Cl)c(Cl)c(Cl)c(Cl)c2Cl)c(F)c1F. The maximum absolute atomic E-state index is 17.5. The Labute approximate surface area is 243 Å². The van der Waals surface area contributed by atoms with Gasteiger partial charge in [0.2, 0.25) is 34.4 Å². The number of hydrogen-bond donors (Lipinski definition) is 0. The Kier molecular flexibility index (Phi) is 9.14. The van der Waals surface area contributed by atoms with Crippen LogP contribution in [0.3, 0.4) is 0 Å². The Morgan fingerprint density at radius 1 is 0.314 bits per heavy atom. The van der Waals surface area contributed by atoms with Gasteiger partial charge in [-0.3, -0.25) is 0 Å². The highest BCUT2D eigenvalue weighted by Gasteiger charge is 2.61. The summed E-state index contributed by atoms with van der Waals surface area (Å²) in [5.41, 5.74) is 0. The molecule has 0 aliphatic rings. The van der Waals surface area contributed by atoms with Crippen LogP contribution in [-0.2, 0) is 0 Å². The highest BCUT2D eigenvalue weighted by molar-refractivity contribution is 7.92. The zero-order chi connectivity index (χ0) is 26.9. The summed E-state index contributed by atoms with van der Waals surface area (Å²) in [6.45, 7) is 0. The topological polar surface area (TPSA) is 0 Å². The molecule has 0 aliphatic carbocycles. The van der Waals surface area contributed by atoms with E-state index in [0.29, 0.717) is 0 Å². The third-order valence-electron chi connectivity index (χ3n) is 4.48. The Morgan fingerprint density at radius 3 is 0.771 bits per heavy atom. The molecule has 0 aliphatic heterocycles. The molecule has 0 fully saturated rings. The van der Waals surface area contributed by atoms with Gasteiger partial charge in [-0.2, -0.15) is 8.78 Å². The average Bonchev–Trinajstić information content (AvgIpc) is 2.81. The summed E-state index contributed by atoms with van der Waals surface area (Å²) in [5.74, 6) is -12.8. The van der Waals surface area contributed by atoms with Gasteiger partial charge in [0, 0.05) is 0 Å². The van der Waals surface area contributed by atoms with Gasteiger partial charge in [0.15, 0.2) is 10.6 Å². The lowest BCUT2D eigenvalue weighted by Gasteiger charge is -2.24. The van der Waals surface area contributed by atoms with Crippen molar-refractivity contribution in [1.82, 2.24) is 0 Å². The van der Waals surface area contributed by atoms with Crippen LogP contribution in [0.5, 0.6) is 0 Å². The minimum absolute atomic E-state index is 0.514. The van der Waals surface area contributed by atoms with Crippen LogP contribution in [0.15, 0.2) is 0 Å². The van der Waals surface area contributed by atoms with Crippen molar-refractivity contribution < 1.29 is 26.1 Å². The van der Waals surface area contributed by atoms with Crippen LogP contribution in [0, 0.1) is 29.1 Å². The third-order valence-corrected chi connectivity index (χ3v) is 12.7. The lowest BCUT2D eigenvalue weighted by atomic mass is 10.3. The molecule has 0 amide bonds. The van der Waals surface area contributed by atoms with E-state index in [0.717, 1.165) is 0 Å². The van der Waals surface area contributed by atoms with Crippen molar-refractivity contribution in [3.05, 3.63) is 79.3 Å². The molecule has 0 spiro atoms. The van der Waals surface area contributed by atoms with Gasteiger partial charge in [0.05, 0.1) is 30.1 Å². The van der Waals surface area contributed by atoms with E-state index in [1.54, 1.807) is 0 Å². The van der Waals surface area contributed by atoms with E-state index in [-0.39, 0.29) is 0 Å². The first-order valence-electron chi connectivity index (χ1n) is 8.17. The Balaban J connectivity index is 2.78. The molecular weight excluding hydrogens is 716 g/mol.